The molecule has 1 aromatic rings. The quantitative estimate of drug-likeness (QED) is 0.788. The van der Waals surface area contributed by atoms with E-state index in [1.165, 1.54) is 6.08 Å². The Hall–Kier alpha value is -1.84. The first-order chi connectivity index (χ1) is 9.70. The van der Waals surface area contributed by atoms with Crippen LogP contribution >= 0.6 is 0 Å². The van der Waals surface area contributed by atoms with Crippen molar-refractivity contribution in [3.63, 3.8) is 0 Å². The van der Waals surface area contributed by atoms with Gasteiger partial charge in [-0.1, -0.05) is 36.4 Å². The number of amides is 1. The fourth-order valence-electron chi connectivity index (χ4n) is 2.40. The van der Waals surface area contributed by atoms with Gasteiger partial charge >= 0.3 is 6.09 Å². The van der Waals surface area contributed by atoms with Crippen LogP contribution in [0, 0.1) is 5.92 Å². The molecule has 20 heavy (non-hydrogen) atoms. The number of ether oxygens (including phenoxy) is 1. The third-order valence-electron chi connectivity index (χ3n) is 3.68. The molecule has 108 valence electrons. The fourth-order valence-corrected chi connectivity index (χ4v) is 2.40. The van der Waals surface area contributed by atoms with Crippen molar-refractivity contribution >= 4 is 6.09 Å². The molecule has 1 aliphatic rings. The lowest BCUT2D eigenvalue weighted by Crippen LogP contribution is -2.40. The van der Waals surface area contributed by atoms with Crippen molar-refractivity contribution in [3.8, 4) is 0 Å². The molecule has 0 N–H and O–H groups in total. The van der Waals surface area contributed by atoms with Crippen LogP contribution in [0.15, 0.2) is 43.0 Å². The lowest BCUT2D eigenvalue weighted by molar-refractivity contribution is 0.0750. The van der Waals surface area contributed by atoms with E-state index in [4.69, 9.17) is 4.74 Å². The highest BCUT2D eigenvalue weighted by Gasteiger charge is 2.27. The number of benzene rings is 1. The van der Waals surface area contributed by atoms with Crippen LogP contribution in [0.3, 0.4) is 0 Å². The van der Waals surface area contributed by atoms with Crippen LogP contribution in [-0.2, 0) is 11.3 Å². The monoisotopic (exact) mass is 277 g/mol. The molecule has 1 saturated heterocycles. The molecule has 1 atom stereocenters. The summed E-state index contributed by atoms with van der Waals surface area (Å²) < 4.78 is 18.7. The minimum Gasteiger partial charge on any atom is -0.445 e. The molecule has 0 saturated carbocycles. The molecule has 0 radical (unpaired) electrons. The van der Waals surface area contributed by atoms with E-state index in [1.54, 1.807) is 4.90 Å². The van der Waals surface area contributed by atoms with Gasteiger partial charge in [0.25, 0.3) is 0 Å². The smallest absolute Gasteiger partial charge is 0.410 e. The van der Waals surface area contributed by atoms with Crippen molar-refractivity contribution in [1.82, 2.24) is 4.90 Å². The number of rotatable bonds is 4. The van der Waals surface area contributed by atoms with Gasteiger partial charge in [-0.15, -0.1) is 6.58 Å². The average molecular weight is 277 g/mol. The Kier molecular flexibility index (Phi) is 5.16. The molecule has 0 spiro atoms. The number of nitrogens with zero attached hydrogens (tertiary/aromatic N) is 1. The third kappa shape index (κ3) is 3.83. The normalized spacial score (nSPS) is 17.6. The van der Waals surface area contributed by atoms with Gasteiger partial charge in [0, 0.05) is 13.1 Å². The Morgan fingerprint density at radius 3 is 2.65 bits per heavy atom. The van der Waals surface area contributed by atoms with E-state index in [2.05, 4.69) is 6.58 Å². The SMILES string of the molecule is C=C[C@@H](F)C1CCN(C(=O)OCc2ccccc2)CC1. The van der Waals surface area contributed by atoms with Crippen molar-refractivity contribution in [2.45, 2.75) is 25.6 Å². The number of piperidine rings is 1. The first kappa shape index (κ1) is 14.6. The lowest BCUT2D eigenvalue weighted by atomic mass is 9.92. The molecule has 4 heteroatoms. The molecule has 1 amide bonds. The number of likely N-dealkylation sites (tertiary alicyclic amines) is 1. The summed E-state index contributed by atoms with van der Waals surface area (Å²) in [6.07, 6.45) is 1.37. The maximum atomic E-state index is 13.5. The van der Waals surface area contributed by atoms with E-state index in [1.807, 2.05) is 30.3 Å². The molecule has 0 aliphatic carbocycles. The van der Waals surface area contributed by atoms with E-state index >= 15 is 0 Å². The Bertz CT molecular complexity index is 441. The predicted octanol–water partition coefficient (Wildman–Crippen LogP) is 3.56. The highest BCUT2D eigenvalue weighted by Crippen LogP contribution is 2.23. The van der Waals surface area contributed by atoms with Crippen molar-refractivity contribution < 1.29 is 13.9 Å². The fraction of sp³-hybridized carbons (Fsp3) is 0.438. The van der Waals surface area contributed by atoms with Crippen LogP contribution in [0.5, 0.6) is 0 Å². The minimum absolute atomic E-state index is 0.0225. The predicted molar refractivity (Wildman–Crippen MR) is 76.0 cm³/mol. The van der Waals surface area contributed by atoms with Crippen molar-refractivity contribution in [3.05, 3.63) is 48.6 Å². The van der Waals surface area contributed by atoms with Crippen LogP contribution in [0.4, 0.5) is 9.18 Å². The summed E-state index contributed by atoms with van der Waals surface area (Å²) in [7, 11) is 0. The van der Waals surface area contributed by atoms with E-state index < -0.39 is 6.17 Å². The van der Waals surface area contributed by atoms with Gasteiger partial charge in [0.1, 0.15) is 12.8 Å². The van der Waals surface area contributed by atoms with E-state index in [0.29, 0.717) is 25.9 Å². The van der Waals surface area contributed by atoms with Gasteiger partial charge in [0.15, 0.2) is 0 Å². The zero-order chi connectivity index (χ0) is 14.4. The molecule has 1 aromatic carbocycles. The molecule has 1 heterocycles. The number of hydrogen-bond acceptors (Lipinski definition) is 2. The van der Waals surface area contributed by atoms with E-state index in [9.17, 15) is 9.18 Å². The van der Waals surface area contributed by atoms with Gasteiger partial charge in [-0.2, -0.15) is 0 Å². The number of carbonyl (C=O) groups is 1. The third-order valence-corrected chi connectivity index (χ3v) is 3.68. The Labute approximate surface area is 119 Å². The molecule has 0 unspecified atom stereocenters. The average Bonchev–Trinajstić information content (AvgIpc) is 2.53. The second-order valence-electron chi connectivity index (χ2n) is 5.04. The van der Waals surface area contributed by atoms with E-state index in [0.717, 1.165) is 5.56 Å². The summed E-state index contributed by atoms with van der Waals surface area (Å²) >= 11 is 0. The molecule has 0 aromatic heterocycles. The van der Waals surface area contributed by atoms with Crippen molar-refractivity contribution in [2.75, 3.05) is 13.1 Å². The summed E-state index contributed by atoms with van der Waals surface area (Å²) in [6, 6.07) is 9.56. The van der Waals surface area contributed by atoms with E-state index in [-0.39, 0.29) is 18.6 Å². The summed E-state index contributed by atoms with van der Waals surface area (Å²) in [4.78, 5) is 13.6. The maximum absolute atomic E-state index is 13.5. The van der Waals surface area contributed by atoms with Gasteiger partial charge in [0.2, 0.25) is 0 Å². The van der Waals surface area contributed by atoms with Crippen LogP contribution < -0.4 is 0 Å². The van der Waals surface area contributed by atoms with Crippen molar-refractivity contribution in [2.24, 2.45) is 5.92 Å². The number of hydrogen-bond donors (Lipinski definition) is 0. The van der Waals surface area contributed by atoms with Gasteiger partial charge in [0.05, 0.1) is 0 Å². The van der Waals surface area contributed by atoms with Crippen LogP contribution in [0.25, 0.3) is 0 Å². The molecule has 2 rings (SSSR count). The van der Waals surface area contributed by atoms with Crippen LogP contribution in [0.2, 0.25) is 0 Å². The van der Waals surface area contributed by atoms with Crippen molar-refractivity contribution in [1.29, 1.82) is 0 Å². The molecule has 1 aliphatic heterocycles. The summed E-state index contributed by atoms with van der Waals surface area (Å²) in [6.45, 7) is 4.84. The minimum atomic E-state index is -0.975. The second-order valence-corrected chi connectivity index (χ2v) is 5.04. The summed E-state index contributed by atoms with van der Waals surface area (Å²) in [5, 5.41) is 0. The second kappa shape index (κ2) is 7.08. The largest absolute Gasteiger partial charge is 0.445 e. The zero-order valence-electron chi connectivity index (χ0n) is 11.5. The van der Waals surface area contributed by atoms with Gasteiger partial charge in [-0.25, -0.2) is 9.18 Å². The van der Waals surface area contributed by atoms with Crippen LogP contribution in [0.1, 0.15) is 18.4 Å². The first-order valence-electron chi connectivity index (χ1n) is 6.93. The number of alkyl halides is 1. The highest BCUT2D eigenvalue weighted by molar-refractivity contribution is 5.67. The van der Waals surface area contributed by atoms with Gasteiger partial charge in [-0.05, 0) is 24.3 Å². The van der Waals surface area contributed by atoms with Crippen LogP contribution in [-0.4, -0.2) is 30.3 Å². The molecule has 1 fully saturated rings. The maximum Gasteiger partial charge on any atom is 0.410 e. The Morgan fingerprint density at radius 1 is 1.40 bits per heavy atom. The number of carbonyl (C=O) groups excluding carboxylic acids is 1. The molecular weight excluding hydrogens is 257 g/mol. The standard InChI is InChI=1S/C16H20FNO2/c1-2-15(17)14-8-10-18(11-9-14)16(19)20-12-13-6-4-3-5-7-13/h2-7,14-15H,1,8-12H2/t15-/m1/s1. The Balaban J connectivity index is 1.76. The topological polar surface area (TPSA) is 29.5 Å². The Morgan fingerprint density at radius 2 is 2.05 bits per heavy atom. The number of halogens is 1. The highest BCUT2D eigenvalue weighted by atomic mass is 19.1. The number of allylic oxidation sites excluding steroid dienone is 1. The van der Waals surface area contributed by atoms with Gasteiger partial charge in [-0.3, -0.25) is 0 Å². The summed E-state index contributed by atoms with van der Waals surface area (Å²) in [5.74, 6) is -0.0225. The zero-order valence-corrected chi connectivity index (χ0v) is 11.5. The first-order valence-corrected chi connectivity index (χ1v) is 6.93. The molecule has 3 nitrogen and oxygen atoms in total. The van der Waals surface area contributed by atoms with Gasteiger partial charge < -0.3 is 9.64 Å². The molecule has 0 bridgehead atoms. The molecular formula is C16H20FNO2. The lowest BCUT2D eigenvalue weighted by Gasteiger charge is -2.32. The summed E-state index contributed by atoms with van der Waals surface area (Å²) in [5.41, 5.74) is 0.964.